The molecule has 0 bridgehead atoms. The topological polar surface area (TPSA) is 21.3 Å². The summed E-state index contributed by atoms with van der Waals surface area (Å²) in [6.45, 7) is 2.18. The van der Waals surface area contributed by atoms with Crippen LogP contribution in [0.25, 0.3) is 6.08 Å². The Morgan fingerprint density at radius 3 is 3.00 bits per heavy atom. The summed E-state index contributed by atoms with van der Waals surface area (Å²) in [4.78, 5) is 0. The Balaban J connectivity index is 2.38. The Morgan fingerprint density at radius 1 is 1.50 bits per heavy atom. The van der Waals surface area contributed by atoms with Gasteiger partial charge >= 0.3 is 0 Å². The maximum absolute atomic E-state index is 13.4. The summed E-state index contributed by atoms with van der Waals surface area (Å²) >= 11 is 3.22. The molecule has 1 aromatic carbocycles. The molecule has 2 nitrogen and oxygen atoms in total. The van der Waals surface area contributed by atoms with E-state index in [1.165, 1.54) is 6.07 Å². The van der Waals surface area contributed by atoms with Gasteiger partial charge in [0.05, 0.1) is 6.61 Å². The zero-order chi connectivity index (χ0) is 11.8. The molecule has 0 amide bonds. The smallest absolute Gasteiger partial charge is 0.131 e. The van der Waals surface area contributed by atoms with Crippen molar-refractivity contribution in [1.29, 1.82) is 0 Å². The molecule has 1 rings (SSSR count). The van der Waals surface area contributed by atoms with Crippen LogP contribution in [0.1, 0.15) is 5.56 Å². The normalized spacial score (nSPS) is 11.2. The van der Waals surface area contributed by atoms with Crippen molar-refractivity contribution in [2.24, 2.45) is 0 Å². The second kappa shape index (κ2) is 7.54. The van der Waals surface area contributed by atoms with Crippen LogP contribution in [0.2, 0.25) is 0 Å². The van der Waals surface area contributed by atoms with E-state index >= 15 is 0 Å². The van der Waals surface area contributed by atoms with E-state index in [1.807, 2.05) is 12.1 Å². The van der Waals surface area contributed by atoms with Crippen molar-refractivity contribution in [3.63, 3.8) is 0 Å². The number of hydrogen-bond acceptors (Lipinski definition) is 2. The zero-order valence-corrected chi connectivity index (χ0v) is 10.8. The summed E-state index contributed by atoms with van der Waals surface area (Å²) in [6.07, 6.45) is 3.66. The van der Waals surface area contributed by atoms with Crippen molar-refractivity contribution >= 4 is 22.0 Å². The second-order valence-corrected chi connectivity index (χ2v) is 4.18. The van der Waals surface area contributed by atoms with Crippen LogP contribution >= 0.6 is 15.9 Å². The molecule has 1 aromatic rings. The Labute approximate surface area is 104 Å². The third-order valence-corrected chi connectivity index (χ3v) is 2.50. The number of nitrogens with one attached hydrogen (secondary N) is 1. The summed E-state index contributed by atoms with van der Waals surface area (Å²) in [7, 11) is 1.66. The minimum atomic E-state index is -0.220. The van der Waals surface area contributed by atoms with Gasteiger partial charge in [-0.1, -0.05) is 34.1 Å². The molecule has 0 aliphatic carbocycles. The fraction of sp³-hybridized carbons (Fsp3) is 0.333. The van der Waals surface area contributed by atoms with Crippen molar-refractivity contribution in [3.8, 4) is 0 Å². The zero-order valence-electron chi connectivity index (χ0n) is 9.17. The maximum atomic E-state index is 13.4. The lowest BCUT2D eigenvalue weighted by molar-refractivity contribution is 0.200. The first-order valence-electron chi connectivity index (χ1n) is 5.05. The number of rotatable bonds is 6. The molecule has 0 aliphatic heterocycles. The van der Waals surface area contributed by atoms with E-state index in [9.17, 15) is 4.39 Å². The van der Waals surface area contributed by atoms with Gasteiger partial charge in [-0.05, 0) is 12.1 Å². The molecule has 0 unspecified atom stereocenters. The molecule has 0 aliphatic rings. The monoisotopic (exact) mass is 287 g/mol. The van der Waals surface area contributed by atoms with Crippen LogP contribution in [-0.2, 0) is 4.74 Å². The van der Waals surface area contributed by atoms with E-state index < -0.39 is 0 Å². The van der Waals surface area contributed by atoms with Crippen LogP contribution < -0.4 is 5.32 Å². The van der Waals surface area contributed by atoms with E-state index in [1.54, 1.807) is 19.3 Å². The van der Waals surface area contributed by atoms with Gasteiger partial charge in [0.25, 0.3) is 0 Å². The predicted octanol–water partition coefficient (Wildman–Crippen LogP) is 2.84. The lowest BCUT2D eigenvalue weighted by atomic mass is 10.2. The van der Waals surface area contributed by atoms with E-state index in [0.29, 0.717) is 18.7 Å². The molecule has 0 atom stereocenters. The third-order valence-electron chi connectivity index (χ3n) is 2.01. The number of halogens is 2. The first-order chi connectivity index (χ1) is 7.74. The standard InChI is InChI=1S/C12H15BrFNO/c1-16-8-7-15-6-2-3-10-4-5-11(13)9-12(10)14/h2-5,9,15H,6-8H2,1H3. The van der Waals surface area contributed by atoms with Gasteiger partial charge in [0.1, 0.15) is 5.82 Å². The predicted molar refractivity (Wildman–Crippen MR) is 67.9 cm³/mol. The fourth-order valence-electron chi connectivity index (χ4n) is 1.18. The number of methoxy groups -OCH3 is 1. The summed E-state index contributed by atoms with van der Waals surface area (Å²) in [5, 5.41) is 3.14. The van der Waals surface area contributed by atoms with Gasteiger partial charge in [0.2, 0.25) is 0 Å². The molecule has 0 aromatic heterocycles. The van der Waals surface area contributed by atoms with Gasteiger partial charge in [-0.2, -0.15) is 0 Å². The SMILES string of the molecule is COCCNCC=Cc1ccc(Br)cc1F. The van der Waals surface area contributed by atoms with Gasteiger partial charge in [0, 0.05) is 30.2 Å². The first-order valence-corrected chi connectivity index (χ1v) is 5.84. The first kappa shape index (κ1) is 13.4. The molecule has 0 spiro atoms. The quantitative estimate of drug-likeness (QED) is 0.813. The van der Waals surface area contributed by atoms with Crippen molar-refractivity contribution in [1.82, 2.24) is 5.32 Å². The molecule has 1 N–H and O–H groups in total. The highest BCUT2D eigenvalue weighted by Gasteiger charge is 1.97. The van der Waals surface area contributed by atoms with Crippen LogP contribution in [0.4, 0.5) is 4.39 Å². The van der Waals surface area contributed by atoms with E-state index in [0.717, 1.165) is 11.0 Å². The minimum Gasteiger partial charge on any atom is -0.383 e. The highest BCUT2D eigenvalue weighted by atomic mass is 79.9. The Morgan fingerprint density at radius 2 is 2.31 bits per heavy atom. The molecule has 4 heteroatoms. The van der Waals surface area contributed by atoms with Crippen LogP contribution in [0.15, 0.2) is 28.7 Å². The van der Waals surface area contributed by atoms with Crippen molar-refractivity contribution in [2.75, 3.05) is 26.8 Å². The van der Waals surface area contributed by atoms with Crippen molar-refractivity contribution < 1.29 is 9.13 Å². The summed E-state index contributed by atoms with van der Waals surface area (Å²) < 4.78 is 19.0. The number of ether oxygens (including phenoxy) is 1. The largest absolute Gasteiger partial charge is 0.383 e. The van der Waals surface area contributed by atoms with Crippen molar-refractivity contribution in [3.05, 3.63) is 40.1 Å². The summed E-state index contributed by atoms with van der Waals surface area (Å²) in [6, 6.07) is 5.02. The number of hydrogen-bond donors (Lipinski definition) is 1. The maximum Gasteiger partial charge on any atom is 0.131 e. The Hall–Kier alpha value is -0.710. The lowest BCUT2D eigenvalue weighted by Crippen LogP contribution is -2.18. The number of benzene rings is 1. The average molecular weight is 288 g/mol. The van der Waals surface area contributed by atoms with E-state index in [4.69, 9.17) is 4.74 Å². The molecule has 0 saturated carbocycles. The van der Waals surface area contributed by atoms with Gasteiger partial charge < -0.3 is 10.1 Å². The Kier molecular flexibility index (Phi) is 6.30. The Bertz CT molecular complexity index is 355. The molecule has 0 fully saturated rings. The van der Waals surface area contributed by atoms with Gasteiger partial charge in [-0.25, -0.2) is 4.39 Å². The molecule has 0 saturated heterocycles. The van der Waals surface area contributed by atoms with Crippen LogP contribution in [0.3, 0.4) is 0 Å². The van der Waals surface area contributed by atoms with Crippen LogP contribution in [-0.4, -0.2) is 26.8 Å². The minimum absolute atomic E-state index is 0.220. The molecular weight excluding hydrogens is 273 g/mol. The summed E-state index contributed by atoms with van der Waals surface area (Å²) in [5.74, 6) is -0.220. The fourth-order valence-corrected chi connectivity index (χ4v) is 1.52. The molecule has 0 heterocycles. The van der Waals surface area contributed by atoms with Crippen molar-refractivity contribution in [2.45, 2.75) is 0 Å². The molecule has 0 radical (unpaired) electrons. The highest BCUT2D eigenvalue weighted by molar-refractivity contribution is 9.10. The summed E-state index contributed by atoms with van der Waals surface area (Å²) in [5.41, 5.74) is 0.594. The van der Waals surface area contributed by atoms with Crippen LogP contribution in [0, 0.1) is 5.82 Å². The van der Waals surface area contributed by atoms with E-state index in [-0.39, 0.29) is 5.82 Å². The highest BCUT2D eigenvalue weighted by Crippen LogP contribution is 2.16. The molecular formula is C12H15BrFNO. The average Bonchev–Trinajstić information content (AvgIpc) is 2.26. The van der Waals surface area contributed by atoms with Gasteiger partial charge in [-0.3, -0.25) is 0 Å². The lowest BCUT2D eigenvalue weighted by Gasteiger charge is -2.00. The molecule has 88 valence electrons. The van der Waals surface area contributed by atoms with Gasteiger partial charge in [0.15, 0.2) is 0 Å². The second-order valence-electron chi connectivity index (χ2n) is 3.27. The van der Waals surface area contributed by atoms with Crippen LogP contribution in [0.5, 0.6) is 0 Å². The third kappa shape index (κ3) is 4.88. The molecule has 16 heavy (non-hydrogen) atoms. The van der Waals surface area contributed by atoms with E-state index in [2.05, 4.69) is 21.2 Å². The van der Waals surface area contributed by atoms with Gasteiger partial charge in [-0.15, -0.1) is 0 Å².